The van der Waals surface area contributed by atoms with Gasteiger partial charge in [0, 0.05) is 36.4 Å². The molecule has 8 heteroatoms. The number of carbonyl (C=O) groups excluding carboxylic acids is 1. The number of amidine groups is 1. The molecule has 0 radical (unpaired) electrons. The van der Waals surface area contributed by atoms with E-state index >= 15 is 0 Å². The SMILES string of the molecule is COC(=O)CCc1ccc(N2CCN(c3ccc(C(=N)N)cc3)C2=Nc2ccccc2)cc1.Cl. The third-order valence-electron chi connectivity index (χ3n) is 5.60. The zero-order chi connectivity index (χ0) is 23.2. The molecule has 1 heterocycles. The first-order valence-electron chi connectivity index (χ1n) is 10.8. The molecular formula is C26H28ClN5O2. The number of ether oxygens (including phenoxy) is 1. The minimum atomic E-state index is -0.206. The van der Waals surface area contributed by atoms with E-state index in [0.717, 1.165) is 41.7 Å². The highest BCUT2D eigenvalue weighted by Gasteiger charge is 2.29. The first kappa shape index (κ1) is 24.8. The first-order valence-corrected chi connectivity index (χ1v) is 10.8. The Bertz CT molecular complexity index is 1150. The van der Waals surface area contributed by atoms with E-state index in [0.29, 0.717) is 18.4 Å². The van der Waals surface area contributed by atoms with Gasteiger partial charge in [-0.3, -0.25) is 10.2 Å². The van der Waals surface area contributed by atoms with Gasteiger partial charge < -0.3 is 20.3 Å². The lowest BCUT2D eigenvalue weighted by Crippen LogP contribution is -2.33. The number of aryl methyl sites for hydroxylation is 1. The quantitative estimate of drug-likeness (QED) is 0.296. The molecule has 0 atom stereocenters. The van der Waals surface area contributed by atoms with E-state index in [4.69, 9.17) is 20.9 Å². The average molecular weight is 478 g/mol. The van der Waals surface area contributed by atoms with Gasteiger partial charge in [0.25, 0.3) is 0 Å². The Hall–Kier alpha value is -3.84. The maximum atomic E-state index is 11.4. The Kier molecular flexibility index (Phi) is 8.27. The summed E-state index contributed by atoms with van der Waals surface area (Å²) in [5.74, 6) is 0.677. The molecule has 4 rings (SSSR count). The van der Waals surface area contributed by atoms with Crippen molar-refractivity contribution < 1.29 is 9.53 Å². The Morgan fingerprint density at radius 2 is 1.50 bits per heavy atom. The van der Waals surface area contributed by atoms with E-state index in [9.17, 15) is 4.79 Å². The van der Waals surface area contributed by atoms with Crippen LogP contribution in [-0.2, 0) is 16.0 Å². The Morgan fingerprint density at radius 1 is 0.941 bits per heavy atom. The lowest BCUT2D eigenvalue weighted by molar-refractivity contribution is -0.140. The number of esters is 1. The largest absolute Gasteiger partial charge is 0.469 e. The molecule has 3 N–H and O–H groups in total. The predicted octanol–water partition coefficient (Wildman–Crippen LogP) is 4.51. The van der Waals surface area contributed by atoms with Crippen molar-refractivity contribution in [3.05, 3.63) is 90.0 Å². The zero-order valence-electron chi connectivity index (χ0n) is 19.0. The van der Waals surface area contributed by atoms with Gasteiger partial charge in [0.15, 0.2) is 0 Å². The fourth-order valence-corrected chi connectivity index (χ4v) is 3.79. The Morgan fingerprint density at radius 3 is 2.03 bits per heavy atom. The number of hydrogen-bond acceptors (Lipinski definition) is 4. The number of hydrogen-bond donors (Lipinski definition) is 2. The number of nitrogen functional groups attached to an aromatic ring is 1. The molecule has 1 aliphatic rings. The van der Waals surface area contributed by atoms with Crippen LogP contribution in [0, 0.1) is 5.41 Å². The van der Waals surface area contributed by atoms with Gasteiger partial charge in [0.05, 0.1) is 12.8 Å². The van der Waals surface area contributed by atoms with Gasteiger partial charge in [0.2, 0.25) is 5.96 Å². The second-order valence-corrected chi connectivity index (χ2v) is 7.75. The summed E-state index contributed by atoms with van der Waals surface area (Å²) in [7, 11) is 1.41. The van der Waals surface area contributed by atoms with Gasteiger partial charge in [-0.1, -0.05) is 30.3 Å². The van der Waals surface area contributed by atoms with Crippen molar-refractivity contribution in [2.45, 2.75) is 12.8 Å². The zero-order valence-corrected chi connectivity index (χ0v) is 19.8. The van der Waals surface area contributed by atoms with E-state index in [1.54, 1.807) is 0 Å². The highest BCUT2D eigenvalue weighted by Crippen LogP contribution is 2.28. The summed E-state index contributed by atoms with van der Waals surface area (Å²) in [6.45, 7) is 1.55. The minimum absolute atomic E-state index is 0. The number of rotatable bonds is 7. The van der Waals surface area contributed by atoms with Gasteiger partial charge >= 0.3 is 5.97 Å². The predicted molar refractivity (Wildman–Crippen MR) is 140 cm³/mol. The van der Waals surface area contributed by atoms with Gasteiger partial charge in [-0.25, -0.2) is 4.99 Å². The van der Waals surface area contributed by atoms with Crippen molar-refractivity contribution in [2.75, 3.05) is 30.0 Å². The maximum Gasteiger partial charge on any atom is 0.305 e. The number of halogens is 1. The molecule has 0 spiro atoms. The van der Waals surface area contributed by atoms with Crippen LogP contribution in [0.5, 0.6) is 0 Å². The number of benzene rings is 3. The Labute approximate surface area is 205 Å². The van der Waals surface area contributed by atoms with Crippen LogP contribution in [0.3, 0.4) is 0 Å². The molecule has 176 valence electrons. The number of carbonyl (C=O) groups is 1. The molecule has 1 saturated heterocycles. The number of methoxy groups -OCH3 is 1. The van der Waals surface area contributed by atoms with Crippen LogP contribution in [0.4, 0.5) is 17.1 Å². The van der Waals surface area contributed by atoms with Crippen LogP contribution in [0.15, 0.2) is 83.9 Å². The summed E-state index contributed by atoms with van der Waals surface area (Å²) in [5, 5.41) is 7.64. The standard InChI is InChI=1S/C26H27N5O2.ClH/c1-33-24(32)16-9-19-7-12-22(13-8-19)30-17-18-31(23-14-10-20(11-15-23)25(27)28)26(30)29-21-5-3-2-4-6-21;/h2-8,10-15H,9,16-18H2,1H3,(H3,27,28);1H. The fraction of sp³-hybridized carbons (Fsp3) is 0.192. The van der Waals surface area contributed by atoms with E-state index in [1.165, 1.54) is 7.11 Å². The number of anilines is 2. The normalized spacial score (nSPS) is 14.1. The average Bonchev–Trinajstić information content (AvgIpc) is 3.26. The van der Waals surface area contributed by atoms with Crippen molar-refractivity contribution in [1.82, 2.24) is 0 Å². The highest BCUT2D eigenvalue weighted by atomic mass is 35.5. The molecule has 0 bridgehead atoms. The number of nitrogens with two attached hydrogens (primary N) is 1. The topological polar surface area (TPSA) is 95.0 Å². The number of nitrogens with zero attached hydrogens (tertiary/aromatic N) is 3. The third kappa shape index (κ3) is 5.74. The number of guanidine groups is 1. The highest BCUT2D eigenvalue weighted by molar-refractivity contribution is 6.10. The molecule has 1 fully saturated rings. The van der Waals surface area contributed by atoms with Crippen LogP contribution in [0.2, 0.25) is 0 Å². The fourth-order valence-electron chi connectivity index (χ4n) is 3.79. The molecule has 3 aromatic rings. The molecular weight excluding hydrogens is 450 g/mol. The summed E-state index contributed by atoms with van der Waals surface area (Å²) >= 11 is 0. The number of nitrogens with one attached hydrogen (secondary N) is 1. The molecule has 3 aromatic carbocycles. The summed E-state index contributed by atoms with van der Waals surface area (Å²) < 4.78 is 4.73. The van der Waals surface area contributed by atoms with E-state index in [-0.39, 0.29) is 24.2 Å². The minimum Gasteiger partial charge on any atom is -0.469 e. The lowest BCUT2D eigenvalue weighted by atomic mass is 10.1. The molecule has 0 aliphatic carbocycles. The summed E-state index contributed by atoms with van der Waals surface area (Å²) in [4.78, 5) is 20.8. The monoisotopic (exact) mass is 477 g/mol. The first-order chi connectivity index (χ1) is 16.0. The van der Waals surface area contributed by atoms with Crippen LogP contribution in [-0.4, -0.2) is 38.0 Å². The summed E-state index contributed by atoms with van der Waals surface area (Å²) in [6, 6.07) is 25.8. The van der Waals surface area contributed by atoms with Crippen molar-refractivity contribution in [1.29, 1.82) is 5.41 Å². The lowest BCUT2D eigenvalue weighted by Gasteiger charge is -2.24. The van der Waals surface area contributed by atoms with Crippen molar-refractivity contribution in [3.63, 3.8) is 0 Å². The van der Waals surface area contributed by atoms with Crippen LogP contribution in [0.25, 0.3) is 0 Å². The molecule has 0 aromatic heterocycles. The molecule has 7 nitrogen and oxygen atoms in total. The molecule has 34 heavy (non-hydrogen) atoms. The van der Waals surface area contributed by atoms with Crippen LogP contribution >= 0.6 is 12.4 Å². The van der Waals surface area contributed by atoms with Crippen LogP contribution < -0.4 is 15.5 Å². The Balaban J connectivity index is 0.00000324. The van der Waals surface area contributed by atoms with Crippen molar-refractivity contribution in [3.8, 4) is 0 Å². The van der Waals surface area contributed by atoms with Crippen LogP contribution in [0.1, 0.15) is 17.5 Å². The molecule has 0 amide bonds. The summed E-state index contributed by atoms with van der Waals surface area (Å²) in [6.07, 6.45) is 1.01. The maximum absolute atomic E-state index is 11.4. The smallest absolute Gasteiger partial charge is 0.305 e. The van der Waals surface area contributed by atoms with Gasteiger partial charge in [-0.05, 0) is 60.5 Å². The second kappa shape index (κ2) is 11.3. The van der Waals surface area contributed by atoms with Crippen molar-refractivity contribution in [2.24, 2.45) is 10.7 Å². The summed E-state index contributed by atoms with van der Waals surface area (Å²) in [5.41, 5.74) is 10.3. The molecule has 0 saturated carbocycles. The van der Waals surface area contributed by atoms with Gasteiger partial charge in [-0.15, -0.1) is 12.4 Å². The molecule has 1 aliphatic heterocycles. The number of aliphatic imine (C=N–C) groups is 1. The third-order valence-corrected chi connectivity index (χ3v) is 5.60. The van der Waals surface area contributed by atoms with E-state index < -0.39 is 0 Å². The van der Waals surface area contributed by atoms with E-state index in [1.807, 2.05) is 66.7 Å². The second-order valence-electron chi connectivity index (χ2n) is 7.75. The van der Waals surface area contributed by atoms with Gasteiger partial charge in [-0.2, -0.15) is 0 Å². The van der Waals surface area contributed by atoms with E-state index in [2.05, 4.69) is 21.9 Å². The van der Waals surface area contributed by atoms with Crippen molar-refractivity contribution >= 4 is 47.2 Å². The molecule has 0 unspecified atom stereocenters. The van der Waals surface area contributed by atoms with Gasteiger partial charge in [0.1, 0.15) is 5.84 Å². The number of para-hydroxylation sites is 1.